The maximum Gasteiger partial charge on any atom is 0.259 e. The van der Waals surface area contributed by atoms with Crippen LogP contribution in [0.25, 0.3) is 0 Å². The summed E-state index contributed by atoms with van der Waals surface area (Å²) in [6.45, 7) is 0.480. The molecule has 2 rings (SSSR count). The normalized spacial score (nSPS) is 22.1. The lowest BCUT2D eigenvalue weighted by Gasteiger charge is -2.37. The zero-order valence-corrected chi connectivity index (χ0v) is 13.5. The highest BCUT2D eigenvalue weighted by Gasteiger charge is 2.32. The van der Waals surface area contributed by atoms with Gasteiger partial charge in [0.1, 0.15) is 17.2 Å². The van der Waals surface area contributed by atoms with Crippen LogP contribution in [-0.2, 0) is 0 Å². The molecule has 6 heteroatoms. The lowest BCUT2D eigenvalue weighted by Crippen LogP contribution is -2.46. The van der Waals surface area contributed by atoms with Gasteiger partial charge in [-0.25, -0.2) is 8.78 Å². The minimum Gasteiger partial charge on any atom is -0.338 e. The van der Waals surface area contributed by atoms with Crippen LogP contribution in [0, 0.1) is 17.6 Å². The quantitative estimate of drug-likeness (QED) is 0.898. The molecule has 2 unspecified atom stereocenters. The van der Waals surface area contributed by atoms with Gasteiger partial charge < -0.3 is 10.6 Å². The van der Waals surface area contributed by atoms with Gasteiger partial charge in [-0.1, -0.05) is 28.8 Å². The summed E-state index contributed by atoms with van der Waals surface area (Å²) in [4.78, 5) is 13.9. The van der Waals surface area contributed by atoms with Crippen molar-refractivity contribution in [2.24, 2.45) is 11.7 Å². The third kappa shape index (κ3) is 3.43. The highest BCUT2D eigenvalue weighted by molar-refractivity contribution is 9.10. The molecule has 0 heterocycles. The second kappa shape index (κ2) is 6.83. The number of carbonyl (C=O) groups is 1. The van der Waals surface area contributed by atoms with Crippen molar-refractivity contribution in [1.29, 1.82) is 0 Å². The molecular weight excluding hydrogens is 342 g/mol. The lowest BCUT2D eigenvalue weighted by molar-refractivity contribution is 0.0610. The lowest BCUT2D eigenvalue weighted by atomic mass is 9.83. The Bertz CT molecular complexity index is 515. The number of halogens is 3. The molecule has 0 saturated heterocycles. The Morgan fingerprint density at radius 1 is 1.33 bits per heavy atom. The Hall–Kier alpha value is -1.01. The van der Waals surface area contributed by atoms with Crippen LogP contribution in [0.3, 0.4) is 0 Å². The summed E-state index contributed by atoms with van der Waals surface area (Å²) in [6, 6.07) is 2.15. The van der Waals surface area contributed by atoms with Crippen LogP contribution in [0.15, 0.2) is 16.6 Å². The smallest absolute Gasteiger partial charge is 0.259 e. The summed E-state index contributed by atoms with van der Waals surface area (Å²) in [5, 5.41) is 0. The van der Waals surface area contributed by atoms with E-state index in [1.54, 1.807) is 7.05 Å². The SMILES string of the molecule is CN(C(=O)c1c(F)cc(Br)cc1F)C1CCCCC1CN. The van der Waals surface area contributed by atoms with E-state index in [-0.39, 0.29) is 16.4 Å². The molecule has 0 spiro atoms. The van der Waals surface area contributed by atoms with Crippen molar-refractivity contribution in [2.45, 2.75) is 31.7 Å². The van der Waals surface area contributed by atoms with E-state index in [4.69, 9.17) is 5.73 Å². The summed E-state index contributed by atoms with van der Waals surface area (Å²) in [5.74, 6) is -2.13. The fourth-order valence-corrected chi connectivity index (χ4v) is 3.45. The minimum absolute atomic E-state index is 0.0568. The van der Waals surface area contributed by atoms with Crippen LogP contribution in [0.1, 0.15) is 36.0 Å². The first-order valence-corrected chi connectivity index (χ1v) is 7.86. The van der Waals surface area contributed by atoms with Crippen LogP contribution in [0.4, 0.5) is 8.78 Å². The van der Waals surface area contributed by atoms with Crippen molar-refractivity contribution < 1.29 is 13.6 Å². The van der Waals surface area contributed by atoms with Gasteiger partial charge in [0, 0.05) is 17.6 Å². The number of rotatable bonds is 3. The Morgan fingerprint density at radius 3 is 2.48 bits per heavy atom. The van der Waals surface area contributed by atoms with Gasteiger partial charge in [0.15, 0.2) is 0 Å². The largest absolute Gasteiger partial charge is 0.338 e. The fraction of sp³-hybridized carbons (Fsp3) is 0.533. The molecule has 1 aliphatic rings. The van der Waals surface area contributed by atoms with Gasteiger partial charge in [0.2, 0.25) is 0 Å². The molecule has 21 heavy (non-hydrogen) atoms. The number of amides is 1. The van der Waals surface area contributed by atoms with Crippen LogP contribution in [-0.4, -0.2) is 30.4 Å². The Balaban J connectivity index is 2.27. The second-order valence-electron chi connectivity index (χ2n) is 5.51. The maximum absolute atomic E-state index is 13.9. The molecule has 0 bridgehead atoms. The summed E-state index contributed by atoms with van der Waals surface area (Å²) in [7, 11) is 1.60. The monoisotopic (exact) mass is 360 g/mol. The number of hydrogen-bond acceptors (Lipinski definition) is 2. The molecule has 1 aromatic rings. The first kappa shape index (κ1) is 16.4. The van der Waals surface area contributed by atoms with Crippen molar-refractivity contribution in [3.63, 3.8) is 0 Å². The number of benzene rings is 1. The average Bonchev–Trinajstić information content (AvgIpc) is 2.45. The molecule has 1 saturated carbocycles. The van der Waals surface area contributed by atoms with E-state index in [0.29, 0.717) is 6.54 Å². The highest BCUT2D eigenvalue weighted by Crippen LogP contribution is 2.29. The summed E-state index contributed by atoms with van der Waals surface area (Å²) in [5.41, 5.74) is 5.26. The van der Waals surface area contributed by atoms with Crippen LogP contribution in [0.2, 0.25) is 0 Å². The highest BCUT2D eigenvalue weighted by atomic mass is 79.9. The zero-order chi connectivity index (χ0) is 15.6. The number of hydrogen-bond donors (Lipinski definition) is 1. The first-order chi connectivity index (χ1) is 9.95. The fourth-order valence-electron chi connectivity index (χ4n) is 3.05. The standard InChI is InChI=1S/C15H19BrF2N2O/c1-20(13-5-3-2-4-9(13)8-19)15(21)14-11(17)6-10(16)7-12(14)18/h6-7,9,13H,2-5,8,19H2,1H3. The van der Waals surface area contributed by atoms with Crippen molar-refractivity contribution in [3.8, 4) is 0 Å². The van der Waals surface area contributed by atoms with Crippen molar-refractivity contribution in [2.75, 3.05) is 13.6 Å². The van der Waals surface area contributed by atoms with E-state index in [1.165, 1.54) is 4.90 Å². The number of carbonyl (C=O) groups excluding carboxylic acids is 1. The predicted molar refractivity (Wildman–Crippen MR) is 81.0 cm³/mol. The number of nitrogens with zero attached hydrogens (tertiary/aromatic N) is 1. The molecule has 116 valence electrons. The van der Waals surface area contributed by atoms with Gasteiger partial charge in [-0.2, -0.15) is 0 Å². The van der Waals surface area contributed by atoms with Gasteiger partial charge in [-0.15, -0.1) is 0 Å². The summed E-state index contributed by atoms with van der Waals surface area (Å²) in [6.07, 6.45) is 3.86. The molecule has 2 atom stereocenters. The average molecular weight is 361 g/mol. The van der Waals surface area contributed by atoms with E-state index < -0.39 is 23.1 Å². The van der Waals surface area contributed by atoms with E-state index in [1.807, 2.05) is 0 Å². The topological polar surface area (TPSA) is 46.3 Å². The molecule has 1 aliphatic carbocycles. The molecule has 0 radical (unpaired) electrons. The molecule has 3 nitrogen and oxygen atoms in total. The van der Waals surface area contributed by atoms with E-state index in [0.717, 1.165) is 37.8 Å². The van der Waals surface area contributed by atoms with Gasteiger partial charge >= 0.3 is 0 Å². The minimum atomic E-state index is -0.848. The summed E-state index contributed by atoms with van der Waals surface area (Å²) >= 11 is 3.01. The second-order valence-corrected chi connectivity index (χ2v) is 6.42. The molecule has 1 aromatic carbocycles. The third-order valence-electron chi connectivity index (χ3n) is 4.21. The summed E-state index contributed by atoms with van der Waals surface area (Å²) < 4.78 is 28.1. The van der Waals surface area contributed by atoms with Gasteiger partial charge in [-0.3, -0.25) is 4.79 Å². The van der Waals surface area contributed by atoms with Crippen molar-refractivity contribution >= 4 is 21.8 Å². The molecule has 2 N–H and O–H groups in total. The molecule has 0 aromatic heterocycles. The van der Waals surface area contributed by atoms with Gasteiger partial charge in [0.25, 0.3) is 5.91 Å². The van der Waals surface area contributed by atoms with Crippen molar-refractivity contribution in [3.05, 3.63) is 33.8 Å². The Morgan fingerprint density at radius 2 is 1.90 bits per heavy atom. The van der Waals surface area contributed by atoms with Crippen LogP contribution >= 0.6 is 15.9 Å². The van der Waals surface area contributed by atoms with Crippen LogP contribution in [0.5, 0.6) is 0 Å². The number of nitrogens with two attached hydrogens (primary N) is 1. The zero-order valence-electron chi connectivity index (χ0n) is 11.9. The maximum atomic E-state index is 13.9. The van der Waals surface area contributed by atoms with Gasteiger partial charge in [-0.05, 0) is 37.4 Å². The molecule has 1 amide bonds. The van der Waals surface area contributed by atoms with E-state index in [2.05, 4.69) is 15.9 Å². The first-order valence-electron chi connectivity index (χ1n) is 7.07. The predicted octanol–water partition coefficient (Wildman–Crippen LogP) is 3.32. The molecule has 1 fully saturated rings. The molecule has 0 aliphatic heterocycles. The Labute approximate surface area is 131 Å². The van der Waals surface area contributed by atoms with Gasteiger partial charge in [0.05, 0.1) is 0 Å². The van der Waals surface area contributed by atoms with E-state index in [9.17, 15) is 13.6 Å². The van der Waals surface area contributed by atoms with Crippen LogP contribution < -0.4 is 5.73 Å². The van der Waals surface area contributed by atoms with Crippen molar-refractivity contribution in [1.82, 2.24) is 4.90 Å². The molecular formula is C15H19BrF2N2O. The van der Waals surface area contributed by atoms with E-state index >= 15 is 0 Å². The third-order valence-corrected chi connectivity index (χ3v) is 4.67. The Kier molecular flexibility index (Phi) is 5.32.